The van der Waals surface area contributed by atoms with E-state index in [0.29, 0.717) is 29.7 Å². The molecule has 0 radical (unpaired) electrons. The van der Waals surface area contributed by atoms with Crippen molar-refractivity contribution in [3.63, 3.8) is 0 Å². The molecule has 0 aliphatic carbocycles. The SMILES string of the molecule is COc1cccc(CNCC(C)C(C)C)c1OC(F)F. The molecule has 0 saturated heterocycles. The van der Waals surface area contributed by atoms with E-state index in [-0.39, 0.29) is 5.75 Å². The van der Waals surface area contributed by atoms with Crippen LogP contribution in [0.2, 0.25) is 0 Å². The highest BCUT2D eigenvalue weighted by atomic mass is 19.3. The molecule has 1 rings (SSSR count). The third-order valence-corrected chi connectivity index (χ3v) is 3.41. The van der Waals surface area contributed by atoms with E-state index in [4.69, 9.17) is 4.74 Å². The molecule has 0 spiro atoms. The Morgan fingerprint density at radius 1 is 1.20 bits per heavy atom. The summed E-state index contributed by atoms with van der Waals surface area (Å²) in [5.74, 6) is 1.51. The van der Waals surface area contributed by atoms with Gasteiger partial charge in [0.25, 0.3) is 0 Å². The van der Waals surface area contributed by atoms with Crippen molar-refractivity contribution in [2.45, 2.75) is 33.9 Å². The molecule has 1 aromatic rings. The predicted molar refractivity (Wildman–Crippen MR) is 75.3 cm³/mol. The Bertz CT molecular complexity index is 411. The van der Waals surface area contributed by atoms with Crippen molar-refractivity contribution in [3.05, 3.63) is 23.8 Å². The molecule has 20 heavy (non-hydrogen) atoms. The Hall–Kier alpha value is -1.36. The first kappa shape index (κ1) is 16.7. The molecule has 0 aliphatic heterocycles. The topological polar surface area (TPSA) is 30.5 Å². The second-order valence-electron chi connectivity index (χ2n) is 5.18. The van der Waals surface area contributed by atoms with E-state index in [9.17, 15) is 8.78 Å². The summed E-state index contributed by atoms with van der Waals surface area (Å²) in [5, 5.41) is 3.27. The van der Waals surface area contributed by atoms with Crippen molar-refractivity contribution < 1.29 is 18.3 Å². The van der Waals surface area contributed by atoms with Crippen molar-refractivity contribution in [1.29, 1.82) is 0 Å². The quantitative estimate of drug-likeness (QED) is 0.791. The maximum Gasteiger partial charge on any atom is 0.387 e. The van der Waals surface area contributed by atoms with Crippen LogP contribution in [-0.2, 0) is 6.54 Å². The summed E-state index contributed by atoms with van der Waals surface area (Å²) in [4.78, 5) is 0. The Labute approximate surface area is 119 Å². The molecule has 114 valence electrons. The van der Waals surface area contributed by atoms with Crippen LogP contribution in [0.5, 0.6) is 11.5 Å². The van der Waals surface area contributed by atoms with Gasteiger partial charge in [0, 0.05) is 12.1 Å². The van der Waals surface area contributed by atoms with Gasteiger partial charge in [0.2, 0.25) is 0 Å². The predicted octanol–water partition coefficient (Wildman–Crippen LogP) is 3.68. The van der Waals surface area contributed by atoms with Crippen LogP contribution in [0.15, 0.2) is 18.2 Å². The summed E-state index contributed by atoms with van der Waals surface area (Å²) in [5.41, 5.74) is 0.667. The number of nitrogens with one attached hydrogen (secondary N) is 1. The molecule has 1 atom stereocenters. The zero-order valence-electron chi connectivity index (χ0n) is 12.5. The van der Waals surface area contributed by atoms with Crippen molar-refractivity contribution >= 4 is 0 Å². The second-order valence-corrected chi connectivity index (χ2v) is 5.18. The minimum atomic E-state index is -2.86. The van der Waals surface area contributed by atoms with Crippen molar-refractivity contribution in [2.24, 2.45) is 11.8 Å². The number of halogens is 2. The second kappa shape index (κ2) is 8.04. The Morgan fingerprint density at radius 2 is 1.90 bits per heavy atom. The average Bonchev–Trinajstić information content (AvgIpc) is 2.39. The molecule has 0 heterocycles. The molecule has 3 nitrogen and oxygen atoms in total. The van der Waals surface area contributed by atoms with E-state index in [1.807, 2.05) is 0 Å². The number of para-hydroxylation sites is 1. The Morgan fingerprint density at radius 3 is 2.45 bits per heavy atom. The molecule has 5 heteroatoms. The third kappa shape index (κ3) is 4.96. The van der Waals surface area contributed by atoms with Gasteiger partial charge >= 0.3 is 6.61 Å². The number of benzene rings is 1. The number of alkyl halides is 2. The first-order valence-corrected chi connectivity index (χ1v) is 6.77. The van der Waals surface area contributed by atoms with Gasteiger partial charge in [-0.05, 0) is 24.4 Å². The Balaban J connectivity index is 2.73. The van der Waals surface area contributed by atoms with E-state index in [1.165, 1.54) is 7.11 Å². The van der Waals surface area contributed by atoms with E-state index in [1.54, 1.807) is 18.2 Å². The van der Waals surface area contributed by atoms with Gasteiger partial charge in [0.05, 0.1) is 7.11 Å². The van der Waals surface area contributed by atoms with Gasteiger partial charge in [0.1, 0.15) is 0 Å². The fourth-order valence-electron chi connectivity index (χ4n) is 1.75. The van der Waals surface area contributed by atoms with Crippen LogP contribution in [0.25, 0.3) is 0 Å². The largest absolute Gasteiger partial charge is 0.493 e. The number of rotatable bonds is 8. The lowest BCUT2D eigenvalue weighted by Gasteiger charge is -2.18. The lowest BCUT2D eigenvalue weighted by molar-refractivity contribution is -0.0518. The highest BCUT2D eigenvalue weighted by Gasteiger charge is 2.15. The lowest BCUT2D eigenvalue weighted by Crippen LogP contribution is -2.24. The summed E-state index contributed by atoms with van der Waals surface area (Å²) in [6.45, 7) is 4.89. The summed E-state index contributed by atoms with van der Waals surface area (Å²) >= 11 is 0. The molecule has 0 fully saturated rings. The molecule has 1 unspecified atom stereocenters. The molecule has 1 N–H and O–H groups in total. The monoisotopic (exact) mass is 287 g/mol. The normalized spacial score (nSPS) is 12.8. The number of methoxy groups -OCH3 is 1. The minimum absolute atomic E-state index is 0.106. The van der Waals surface area contributed by atoms with Gasteiger partial charge in [0.15, 0.2) is 11.5 Å². The maximum atomic E-state index is 12.5. The zero-order chi connectivity index (χ0) is 15.1. The Kier molecular flexibility index (Phi) is 6.71. The number of ether oxygens (including phenoxy) is 2. The minimum Gasteiger partial charge on any atom is -0.493 e. The van der Waals surface area contributed by atoms with E-state index in [0.717, 1.165) is 6.54 Å². The fourth-order valence-corrected chi connectivity index (χ4v) is 1.75. The first-order valence-electron chi connectivity index (χ1n) is 6.77. The van der Waals surface area contributed by atoms with Gasteiger partial charge in [-0.2, -0.15) is 8.78 Å². The first-order chi connectivity index (χ1) is 9.45. The molecule has 0 aliphatic rings. The fraction of sp³-hybridized carbons (Fsp3) is 0.600. The molecule has 0 saturated carbocycles. The average molecular weight is 287 g/mol. The van der Waals surface area contributed by atoms with Gasteiger partial charge in [-0.1, -0.05) is 32.9 Å². The lowest BCUT2D eigenvalue weighted by atomic mass is 9.98. The van der Waals surface area contributed by atoms with Crippen LogP contribution in [0, 0.1) is 11.8 Å². The van der Waals surface area contributed by atoms with Crippen LogP contribution in [-0.4, -0.2) is 20.3 Å². The van der Waals surface area contributed by atoms with Crippen LogP contribution < -0.4 is 14.8 Å². The number of hydrogen-bond acceptors (Lipinski definition) is 3. The molecular weight excluding hydrogens is 264 g/mol. The highest BCUT2D eigenvalue weighted by molar-refractivity contribution is 5.46. The standard InChI is InChI=1S/C15H23F2NO2/c1-10(2)11(3)8-18-9-12-6-5-7-13(19-4)14(12)20-15(16)17/h5-7,10-11,15,18H,8-9H2,1-4H3. The van der Waals surface area contributed by atoms with Crippen molar-refractivity contribution in [2.75, 3.05) is 13.7 Å². The smallest absolute Gasteiger partial charge is 0.387 e. The van der Waals surface area contributed by atoms with E-state index in [2.05, 4.69) is 30.8 Å². The molecule has 0 bridgehead atoms. The van der Waals surface area contributed by atoms with Crippen LogP contribution in [0.3, 0.4) is 0 Å². The van der Waals surface area contributed by atoms with Gasteiger partial charge in [-0.25, -0.2) is 0 Å². The van der Waals surface area contributed by atoms with E-state index >= 15 is 0 Å². The summed E-state index contributed by atoms with van der Waals surface area (Å²) in [7, 11) is 1.44. The van der Waals surface area contributed by atoms with Gasteiger partial charge in [-0.15, -0.1) is 0 Å². The number of hydrogen-bond donors (Lipinski definition) is 1. The summed E-state index contributed by atoms with van der Waals surface area (Å²) < 4.78 is 34.6. The molecular formula is C15H23F2NO2. The summed E-state index contributed by atoms with van der Waals surface area (Å²) in [6.07, 6.45) is 0. The molecule has 0 aromatic heterocycles. The zero-order valence-corrected chi connectivity index (χ0v) is 12.5. The van der Waals surface area contributed by atoms with Crippen LogP contribution >= 0.6 is 0 Å². The van der Waals surface area contributed by atoms with Crippen LogP contribution in [0.4, 0.5) is 8.78 Å². The highest BCUT2D eigenvalue weighted by Crippen LogP contribution is 2.32. The van der Waals surface area contributed by atoms with Crippen molar-refractivity contribution in [3.8, 4) is 11.5 Å². The summed E-state index contributed by atoms with van der Waals surface area (Å²) in [6, 6.07) is 5.13. The third-order valence-electron chi connectivity index (χ3n) is 3.41. The van der Waals surface area contributed by atoms with Crippen molar-refractivity contribution in [1.82, 2.24) is 5.32 Å². The molecule has 1 aromatic carbocycles. The van der Waals surface area contributed by atoms with Gasteiger partial charge in [-0.3, -0.25) is 0 Å². The van der Waals surface area contributed by atoms with Gasteiger partial charge < -0.3 is 14.8 Å². The van der Waals surface area contributed by atoms with E-state index < -0.39 is 6.61 Å². The molecule has 0 amide bonds. The maximum absolute atomic E-state index is 12.5. The van der Waals surface area contributed by atoms with Crippen LogP contribution in [0.1, 0.15) is 26.3 Å².